The molecule has 2 heterocycles. The standard InChI is InChI=1S/C29H29F2N5O4/c1-33-18-26(37)35-25(36(33)29(39)32-15-19-8-12-23(40-2)13-9-19)17-34(16-21-10-11-22(30)14-24(21)31)28(38)27(35)20-6-4-3-5-7-20/h3-14,25,27H,15-18H2,1-2H3,(H,32,39). The summed E-state index contributed by atoms with van der Waals surface area (Å²) in [6, 6.07) is 17.7. The van der Waals surface area contributed by atoms with Gasteiger partial charge in [-0.1, -0.05) is 48.5 Å². The third kappa shape index (κ3) is 5.32. The van der Waals surface area contributed by atoms with E-state index < -0.39 is 35.8 Å². The molecule has 11 heteroatoms. The van der Waals surface area contributed by atoms with Gasteiger partial charge >= 0.3 is 6.03 Å². The molecule has 3 aromatic rings. The zero-order valence-corrected chi connectivity index (χ0v) is 22.1. The molecule has 208 valence electrons. The molecule has 2 unspecified atom stereocenters. The smallest absolute Gasteiger partial charge is 0.334 e. The van der Waals surface area contributed by atoms with Crippen LogP contribution in [0.25, 0.3) is 0 Å². The summed E-state index contributed by atoms with van der Waals surface area (Å²) in [5.41, 5.74) is 1.54. The van der Waals surface area contributed by atoms with Crippen LogP contribution in [0.4, 0.5) is 13.6 Å². The molecule has 0 spiro atoms. The number of methoxy groups -OCH3 is 1. The summed E-state index contributed by atoms with van der Waals surface area (Å²) in [7, 11) is 3.20. The zero-order chi connectivity index (χ0) is 28.4. The van der Waals surface area contributed by atoms with E-state index in [1.807, 2.05) is 12.1 Å². The Morgan fingerprint density at radius 1 is 1.02 bits per heavy atom. The van der Waals surface area contributed by atoms with Crippen LogP contribution in [-0.4, -0.2) is 71.1 Å². The molecule has 4 amide bonds. The third-order valence-electron chi connectivity index (χ3n) is 7.13. The van der Waals surface area contributed by atoms with Crippen molar-refractivity contribution in [2.24, 2.45) is 0 Å². The average Bonchev–Trinajstić information content (AvgIpc) is 2.94. The quantitative estimate of drug-likeness (QED) is 0.510. The van der Waals surface area contributed by atoms with E-state index in [2.05, 4.69) is 5.32 Å². The summed E-state index contributed by atoms with van der Waals surface area (Å²) in [6.45, 7) is -0.113. The lowest BCUT2D eigenvalue weighted by molar-refractivity contribution is -0.188. The molecule has 0 saturated carbocycles. The number of ether oxygens (including phenoxy) is 1. The Bertz CT molecular complexity index is 1410. The number of hydrogen-bond acceptors (Lipinski definition) is 5. The van der Waals surface area contributed by atoms with Crippen LogP contribution in [-0.2, 0) is 22.7 Å². The predicted molar refractivity (Wildman–Crippen MR) is 141 cm³/mol. The molecule has 2 aliphatic heterocycles. The fourth-order valence-electron chi connectivity index (χ4n) is 5.15. The molecular weight excluding hydrogens is 520 g/mol. The minimum atomic E-state index is -1.03. The van der Waals surface area contributed by atoms with Crippen molar-refractivity contribution >= 4 is 17.8 Å². The van der Waals surface area contributed by atoms with E-state index >= 15 is 0 Å². The topological polar surface area (TPSA) is 85.4 Å². The first-order valence-corrected chi connectivity index (χ1v) is 12.8. The molecule has 2 saturated heterocycles. The number of hydrazine groups is 1. The Morgan fingerprint density at radius 3 is 2.42 bits per heavy atom. The minimum Gasteiger partial charge on any atom is -0.497 e. The summed E-state index contributed by atoms with van der Waals surface area (Å²) in [4.78, 5) is 43.6. The second-order valence-corrected chi connectivity index (χ2v) is 9.72. The second-order valence-electron chi connectivity index (χ2n) is 9.72. The van der Waals surface area contributed by atoms with Gasteiger partial charge in [-0.25, -0.2) is 23.6 Å². The Kier molecular flexibility index (Phi) is 7.65. The number of carbonyl (C=O) groups excluding carboxylic acids is 3. The van der Waals surface area contributed by atoms with Crippen molar-refractivity contribution in [1.82, 2.24) is 25.1 Å². The molecule has 0 aromatic heterocycles. The summed E-state index contributed by atoms with van der Waals surface area (Å²) in [5, 5.41) is 5.82. The average molecular weight is 550 g/mol. The predicted octanol–water partition coefficient (Wildman–Crippen LogP) is 3.28. The highest BCUT2D eigenvalue weighted by atomic mass is 19.1. The summed E-state index contributed by atoms with van der Waals surface area (Å²) in [6.07, 6.45) is -0.867. The van der Waals surface area contributed by atoms with E-state index in [9.17, 15) is 23.2 Å². The largest absolute Gasteiger partial charge is 0.497 e. The number of halogens is 2. The number of likely N-dealkylation sites (N-methyl/N-ethyl adjacent to an activating group) is 1. The number of piperazine rings is 1. The highest BCUT2D eigenvalue weighted by molar-refractivity contribution is 5.92. The second kappa shape index (κ2) is 11.3. The van der Waals surface area contributed by atoms with Crippen molar-refractivity contribution in [2.45, 2.75) is 25.3 Å². The number of rotatable bonds is 6. The zero-order valence-electron chi connectivity index (χ0n) is 22.1. The van der Waals surface area contributed by atoms with Crippen LogP contribution in [0.1, 0.15) is 22.7 Å². The van der Waals surface area contributed by atoms with E-state index in [0.717, 1.165) is 17.7 Å². The van der Waals surface area contributed by atoms with Gasteiger partial charge in [0.25, 0.3) is 5.91 Å². The van der Waals surface area contributed by atoms with Gasteiger partial charge in [0, 0.05) is 31.8 Å². The Morgan fingerprint density at radius 2 is 1.75 bits per heavy atom. The van der Waals surface area contributed by atoms with Crippen LogP contribution in [0.3, 0.4) is 0 Å². The third-order valence-corrected chi connectivity index (χ3v) is 7.13. The molecule has 2 fully saturated rings. The van der Waals surface area contributed by atoms with Crippen LogP contribution < -0.4 is 10.1 Å². The van der Waals surface area contributed by atoms with Gasteiger partial charge < -0.3 is 19.9 Å². The number of carbonyl (C=O) groups is 3. The van der Waals surface area contributed by atoms with Gasteiger partial charge in [0.1, 0.15) is 29.6 Å². The number of amides is 4. The van der Waals surface area contributed by atoms with Crippen LogP contribution >= 0.6 is 0 Å². The molecule has 0 bridgehead atoms. The van der Waals surface area contributed by atoms with E-state index in [1.54, 1.807) is 56.6 Å². The van der Waals surface area contributed by atoms with Crippen molar-refractivity contribution < 1.29 is 27.9 Å². The first kappa shape index (κ1) is 27.1. The monoisotopic (exact) mass is 549 g/mol. The molecule has 2 aliphatic rings. The SMILES string of the molecule is COc1ccc(CNC(=O)N2C3CN(Cc4ccc(F)cc4F)C(=O)C(c4ccccc4)N3C(=O)CN2C)cc1. The van der Waals surface area contributed by atoms with Crippen LogP contribution in [0, 0.1) is 11.6 Å². The summed E-state index contributed by atoms with van der Waals surface area (Å²) in [5.74, 6) is -1.54. The van der Waals surface area contributed by atoms with E-state index in [4.69, 9.17) is 4.74 Å². The fourth-order valence-corrected chi connectivity index (χ4v) is 5.15. The van der Waals surface area contributed by atoms with Crippen LogP contribution in [0.15, 0.2) is 72.8 Å². The summed E-state index contributed by atoms with van der Waals surface area (Å²) < 4.78 is 33.3. The maximum atomic E-state index is 14.6. The highest BCUT2D eigenvalue weighted by Crippen LogP contribution is 2.35. The lowest BCUT2D eigenvalue weighted by Crippen LogP contribution is -2.73. The maximum absolute atomic E-state index is 14.6. The Hall–Kier alpha value is -4.51. The molecule has 3 aromatic carbocycles. The fraction of sp³-hybridized carbons (Fsp3) is 0.276. The first-order chi connectivity index (χ1) is 19.3. The number of nitrogens with zero attached hydrogens (tertiary/aromatic N) is 4. The Labute approximate surface area is 230 Å². The van der Waals surface area contributed by atoms with Gasteiger partial charge in [-0.3, -0.25) is 9.59 Å². The number of hydrogen-bond donors (Lipinski definition) is 1. The van der Waals surface area contributed by atoms with Gasteiger partial charge in [0.05, 0.1) is 20.2 Å². The molecule has 1 N–H and O–H groups in total. The van der Waals surface area contributed by atoms with Crippen molar-refractivity contribution in [2.75, 3.05) is 27.2 Å². The van der Waals surface area contributed by atoms with Gasteiger partial charge in [-0.05, 0) is 29.3 Å². The molecule has 0 radical (unpaired) electrons. The molecule has 5 rings (SSSR count). The first-order valence-electron chi connectivity index (χ1n) is 12.8. The van der Waals surface area contributed by atoms with Crippen molar-refractivity contribution in [1.29, 1.82) is 0 Å². The lowest BCUT2D eigenvalue weighted by atomic mass is 9.98. The van der Waals surface area contributed by atoms with E-state index in [-0.39, 0.29) is 37.6 Å². The molecule has 40 heavy (non-hydrogen) atoms. The van der Waals surface area contributed by atoms with Gasteiger partial charge in [0.15, 0.2) is 0 Å². The van der Waals surface area contributed by atoms with E-state index in [0.29, 0.717) is 11.3 Å². The molecule has 9 nitrogen and oxygen atoms in total. The van der Waals surface area contributed by atoms with Gasteiger partial charge in [-0.2, -0.15) is 0 Å². The number of nitrogens with one attached hydrogen (secondary N) is 1. The molecular formula is C29H29F2N5O4. The minimum absolute atomic E-state index is 0.0645. The summed E-state index contributed by atoms with van der Waals surface area (Å²) >= 11 is 0. The number of benzene rings is 3. The number of urea groups is 1. The normalized spacial score (nSPS) is 19.4. The molecule has 2 atom stereocenters. The van der Waals surface area contributed by atoms with Crippen molar-refractivity contribution in [3.05, 3.63) is 101 Å². The van der Waals surface area contributed by atoms with Gasteiger partial charge in [-0.15, -0.1) is 0 Å². The number of fused-ring (bicyclic) bond motifs is 1. The maximum Gasteiger partial charge on any atom is 0.334 e. The highest BCUT2D eigenvalue weighted by Gasteiger charge is 2.51. The Balaban J connectivity index is 1.46. The van der Waals surface area contributed by atoms with E-state index in [1.165, 1.54) is 25.9 Å². The van der Waals surface area contributed by atoms with Gasteiger partial charge in [0.2, 0.25) is 5.91 Å². The van der Waals surface area contributed by atoms with Crippen LogP contribution in [0.5, 0.6) is 5.75 Å². The lowest BCUT2D eigenvalue weighted by Gasteiger charge is -2.54. The molecule has 0 aliphatic carbocycles. The van der Waals surface area contributed by atoms with Crippen LogP contribution in [0.2, 0.25) is 0 Å². The van der Waals surface area contributed by atoms with Crippen molar-refractivity contribution in [3.63, 3.8) is 0 Å². The van der Waals surface area contributed by atoms with Crippen molar-refractivity contribution in [3.8, 4) is 5.75 Å².